The van der Waals surface area contributed by atoms with E-state index in [4.69, 9.17) is 10.4 Å². The number of halogens is 2. The Labute approximate surface area is 230 Å². The van der Waals surface area contributed by atoms with Gasteiger partial charge in [-0.1, -0.05) is 12.1 Å². The van der Waals surface area contributed by atoms with Gasteiger partial charge in [0.05, 0.1) is 17.1 Å². The number of urea groups is 1. The van der Waals surface area contributed by atoms with Crippen LogP contribution in [0.15, 0.2) is 30.3 Å². The van der Waals surface area contributed by atoms with Crippen LogP contribution in [0, 0.1) is 11.6 Å². The summed E-state index contributed by atoms with van der Waals surface area (Å²) in [5.74, 6) is -9.93. The molecule has 2 heterocycles. The second kappa shape index (κ2) is 11.8. The Hall–Kier alpha value is -4.77. The number of imide groups is 1. The van der Waals surface area contributed by atoms with E-state index >= 15 is 0 Å². The molecule has 17 heteroatoms. The zero-order valence-corrected chi connectivity index (χ0v) is 21.2. The fourth-order valence-corrected chi connectivity index (χ4v) is 4.54. The first-order valence-corrected chi connectivity index (χ1v) is 12.2. The molecule has 0 saturated carbocycles. The highest BCUT2D eigenvalue weighted by molar-refractivity contribution is 6.47. The van der Waals surface area contributed by atoms with Gasteiger partial charge in [0, 0.05) is 38.3 Å². The molecule has 2 aliphatic rings. The smallest absolute Gasteiger partial charge is 0.534 e. The highest BCUT2D eigenvalue weighted by atomic mass is 19.1. The van der Waals surface area contributed by atoms with Gasteiger partial charge in [-0.25, -0.2) is 18.4 Å². The lowest BCUT2D eigenvalue weighted by Crippen LogP contribution is -2.60. The van der Waals surface area contributed by atoms with E-state index in [1.54, 1.807) is 0 Å². The van der Waals surface area contributed by atoms with Crippen LogP contribution in [0.3, 0.4) is 0 Å². The first-order chi connectivity index (χ1) is 19.4. The minimum Gasteiger partial charge on any atom is -0.534 e. The maximum atomic E-state index is 14.8. The second-order valence-corrected chi connectivity index (χ2v) is 9.17. The number of carboxylic acid groups (broad SMARTS) is 1. The zero-order valence-electron chi connectivity index (χ0n) is 21.2. The van der Waals surface area contributed by atoms with Gasteiger partial charge in [0.15, 0.2) is 0 Å². The number of hydrogen-bond acceptors (Lipinski definition) is 9. The third-order valence-corrected chi connectivity index (χ3v) is 6.51. The Bertz CT molecular complexity index is 1400. The van der Waals surface area contributed by atoms with E-state index in [1.165, 1.54) is 18.2 Å². The van der Waals surface area contributed by atoms with Gasteiger partial charge in [-0.2, -0.15) is 0 Å². The number of para-hydroxylation sites is 1. The number of fused-ring (bicyclic) bond motifs is 1. The third-order valence-electron chi connectivity index (χ3n) is 6.51. The number of nitrogens with one attached hydrogen (secondary N) is 2. The van der Waals surface area contributed by atoms with Gasteiger partial charge < -0.3 is 41.2 Å². The highest BCUT2D eigenvalue weighted by Crippen LogP contribution is 2.31. The zero-order chi connectivity index (χ0) is 30.0. The molecule has 0 bridgehead atoms. The molecule has 0 unspecified atom stereocenters. The fourth-order valence-electron chi connectivity index (χ4n) is 4.54. The van der Waals surface area contributed by atoms with E-state index < -0.39 is 71.8 Å². The van der Waals surface area contributed by atoms with Crippen LogP contribution in [0.25, 0.3) is 0 Å². The summed E-state index contributed by atoms with van der Waals surface area (Å²) >= 11 is 0. The number of aromatic carboxylic acids is 1. The number of aromatic hydroxyl groups is 1. The molecule has 1 fully saturated rings. The number of benzene rings is 2. The van der Waals surface area contributed by atoms with E-state index in [9.17, 15) is 48.0 Å². The molecule has 14 nitrogen and oxygen atoms in total. The number of carboxylic acids is 1. The summed E-state index contributed by atoms with van der Waals surface area (Å²) < 4.78 is 35.0. The number of hydrogen-bond donors (Lipinski definition) is 6. The van der Waals surface area contributed by atoms with Gasteiger partial charge in [-0.3, -0.25) is 19.3 Å². The minimum absolute atomic E-state index is 0.0534. The summed E-state index contributed by atoms with van der Waals surface area (Å²) in [5, 5.41) is 33.7. The normalized spacial score (nSPS) is 17.5. The number of nitrogens with zero attached hydrogens (tertiary/aromatic N) is 2. The second-order valence-electron chi connectivity index (χ2n) is 9.17. The Kier molecular flexibility index (Phi) is 8.39. The lowest BCUT2D eigenvalue weighted by Gasteiger charge is -2.33. The van der Waals surface area contributed by atoms with Crippen LogP contribution in [0.2, 0.25) is 0 Å². The van der Waals surface area contributed by atoms with Crippen LogP contribution in [-0.2, 0) is 20.8 Å². The van der Waals surface area contributed by atoms with Crippen LogP contribution in [0.1, 0.15) is 27.5 Å². The first kappa shape index (κ1) is 29.2. The van der Waals surface area contributed by atoms with E-state index in [0.717, 1.165) is 4.90 Å². The Morgan fingerprint density at radius 2 is 1.83 bits per heavy atom. The molecule has 1 saturated heterocycles. The SMILES string of the molecule is NCCN1CCN(C(=O)N[C@@H](C(=O)N[C@H]2Cc3cccc(C(=O)O)c3OB2O)c2c(F)cc(O)cc2F)C(=O)C1=O. The summed E-state index contributed by atoms with van der Waals surface area (Å²) in [7, 11) is -1.80. The lowest BCUT2D eigenvalue weighted by molar-refractivity contribution is -0.153. The molecule has 216 valence electrons. The average molecular weight is 575 g/mol. The van der Waals surface area contributed by atoms with Crippen LogP contribution in [-0.4, -0.2) is 94.0 Å². The number of rotatable bonds is 7. The average Bonchev–Trinajstić information content (AvgIpc) is 2.90. The van der Waals surface area contributed by atoms with Crippen molar-refractivity contribution in [2.45, 2.75) is 18.4 Å². The van der Waals surface area contributed by atoms with E-state index in [-0.39, 0.29) is 43.9 Å². The Morgan fingerprint density at radius 3 is 2.46 bits per heavy atom. The van der Waals surface area contributed by atoms with E-state index in [1.807, 2.05) is 5.32 Å². The van der Waals surface area contributed by atoms with Gasteiger partial charge >= 0.3 is 30.9 Å². The largest absolute Gasteiger partial charge is 0.547 e. The fraction of sp³-hybridized carbons (Fsp3) is 0.292. The molecular formula is C24H24BF2N5O9. The van der Waals surface area contributed by atoms with Crippen molar-refractivity contribution >= 4 is 36.8 Å². The summed E-state index contributed by atoms with van der Waals surface area (Å²) in [6, 6.07) is 1.65. The third kappa shape index (κ3) is 5.90. The van der Waals surface area contributed by atoms with Crippen LogP contribution < -0.4 is 21.0 Å². The molecule has 2 aliphatic heterocycles. The van der Waals surface area contributed by atoms with Crippen molar-refractivity contribution in [2.24, 2.45) is 5.73 Å². The standard InChI is InChI=1S/C24H24BF2N5O9/c26-14-9-12(33)10-15(27)17(14)18(30-24(39)32-7-6-31(5-4-28)21(35)22(32)36)20(34)29-16-8-11-2-1-3-13(23(37)38)19(11)41-25(16)40/h1-3,9-10,16,18,33,40H,4-8,28H2,(H,29,34)(H,30,39)(H,37,38)/t16-,18+/m0/s1. The minimum atomic E-state index is -2.16. The van der Waals surface area contributed by atoms with Gasteiger partial charge in [0.25, 0.3) is 0 Å². The van der Waals surface area contributed by atoms with E-state index in [2.05, 4.69) is 5.32 Å². The topological polar surface area (TPSA) is 212 Å². The van der Waals surface area contributed by atoms with Crippen molar-refractivity contribution in [3.05, 3.63) is 58.7 Å². The maximum absolute atomic E-state index is 14.8. The number of carbonyl (C=O) groups is 5. The predicted molar refractivity (Wildman–Crippen MR) is 134 cm³/mol. The van der Waals surface area contributed by atoms with E-state index in [0.29, 0.717) is 22.6 Å². The molecule has 2 atom stereocenters. The number of nitrogens with two attached hydrogens (primary N) is 1. The summed E-state index contributed by atoms with van der Waals surface area (Å²) in [6.07, 6.45) is -0.166. The summed E-state index contributed by atoms with van der Waals surface area (Å²) in [5.41, 5.74) is 4.46. The lowest BCUT2D eigenvalue weighted by atomic mass is 9.72. The monoisotopic (exact) mass is 575 g/mol. The Balaban J connectivity index is 1.60. The highest BCUT2D eigenvalue weighted by Gasteiger charge is 2.42. The molecule has 0 aliphatic carbocycles. The number of carbonyl (C=O) groups excluding carboxylic acids is 4. The summed E-state index contributed by atoms with van der Waals surface area (Å²) in [6.45, 7) is -0.260. The van der Waals surface area contributed by atoms with Crippen molar-refractivity contribution < 1.29 is 52.6 Å². The van der Waals surface area contributed by atoms with Crippen molar-refractivity contribution in [1.82, 2.24) is 20.4 Å². The Morgan fingerprint density at radius 1 is 1.15 bits per heavy atom. The van der Waals surface area contributed by atoms with Crippen LogP contribution in [0.4, 0.5) is 13.6 Å². The van der Waals surface area contributed by atoms with Crippen molar-refractivity contribution in [2.75, 3.05) is 26.2 Å². The molecule has 7 N–H and O–H groups in total. The molecule has 2 aromatic carbocycles. The molecule has 0 radical (unpaired) electrons. The molecule has 2 aromatic rings. The molecule has 4 rings (SSSR count). The number of phenols is 1. The number of amides is 5. The molecule has 41 heavy (non-hydrogen) atoms. The van der Waals surface area contributed by atoms with Gasteiger partial charge in [-0.15, -0.1) is 0 Å². The van der Waals surface area contributed by atoms with Crippen LogP contribution >= 0.6 is 0 Å². The number of phenolic OH excluding ortho intramolecular Hbond substituents is 1. The molecule has 0 spiro atoms. The van der Waals surface area contributed by atoms with Crippen LogP contribution in [0.5, 0.6) is 11.5 Å². The molecule has 5 amide bonds. The van der Waals surface area contributed by atoms with Crippen molar-refractivity contribution in [3.63, 3.8) is 0 Å². The first-order valence-electron chi connectivity index (χ1n) is 12.2. The van der Waals surface area contributed by atoms with Crippen molar-refractivity contribution in [1.29, 1.82) is 0 Å². The van der Waals surface area contributed by atoms with Gasteiger partial charge in [0.2, 0.25) is 5.91 Å². The van der Waals surface area contributed by atoms with Crippen molar-refractivity contribution in [3.8, 4) is 11.5 Å². The predicted octanol–water partition coefficient (Wildman–Crippen LogP) is -1.11. The maximum Gasteiger partial charge on any atom is 0.547 e. The number of piperazine rings is 1. The van der Waals surface area contributed by atoms with Gasteiger partial charge in [-0.05, 0) is 18.1 Å². The van der Waals surface area contributed by atoms with Gasteiger partial charge in [0.1, 0.15) is 29.2 Å². The quantitative estimate of drug-likeness (QED) is 0.173. The molecule has 0 aromatic heterocycles. The summed E-state index contributed by atoms with van der Waals surface area (Å²) in [4.78, 5) is 64.3. The molecular weight excluding hydrogens is 551 g/mol.